The van der Waals surface area contributed by atoms with E-state index in [4.69, 9.17) is 9.84 Å². The summed E-state index contributed by atoms with van der Waals surface area (Å²) in [7, 11) is 0. The normalized spacial score (nSPS) is 17.0. The van der Waals surface area contributed by atoms with E-state index in [0.717, 1.165) is 22.0 Å². The lowest BCUT2D eigenvalue weighted by atomic mass is 9.67. The highest BCUT2D eigenvalue weighted by Crippen LogP contribution is 2.52. The van der Waals surface area contributed by atoms with Crippen molar-refractivity contribution in [1.29, 1.82) is 0 Å². The molecule has 1 N–H and O–H groups in total. The van der Waals surface area contributed by atoms with E-state index in [0.29, 0.717) is 11.3 Å². The second kappa shape index (κ2) is 7.66. The Labute approximate surface area is 175 Å². The van der Waals surface area contributed by atoms with Gasteiger partial charge in [-0.05, 0) is 76.7 Å². The molecule has 5 heteroatoms. The summed E-state index contributed by atoms with van der Waals surface area (Å²) in [4.78, 5) is 11.3. The third-order valence-electron chi connectivity index (χ3n) is 5.09. The first-order valence-electron chi connectivity index (χ1n) is 9.53. The van der Waals surface area contributed by atoms with Gasteiger partial charge < -0.3 is 9.84 Å². The van der Waals surface area contributed by atoms with E-state index in [1.165, 1.54) is 12.5 Å². The topological polar surface area (TPSA) is 46.5 Å². The van der Waals surface area contributed by atoms with E-state index in [-0.39, 0.29) is 22.5 Å². The summed E-state index contributed by atoms with van der Waals surface area (Å²) < 4.78 is 21.2. The second-order valence-electron chi connectivity index (χ2n) is 9.36. The van der Waals surface area contributed by atoms with Crippen molar-refractivity contribution in [3.8, 4) is 5.75 Å². The van der Waals surface area contributed by atoms with Crippen LogP contribution in [0.4, 0.5) is 4.39 Å². The van der Waals surface area contributed by atoms with Gasteiger partial charge in [0.15, 0.2) is 0 Å². The minimum Gasteiger partial charge on any atom is -0.489 e. The number of carboxylic acid groups (broad SMARTS) is 1. The van der Waals surface area contributed by atoms with Crippen LogP contribution in [-0.4, -0.2) is 17.2 Å². The molecule has 0 aliphatic heterocycles. The van der Waals surface area contributed by atoms with Gasteiger partial charge in [0.2, 0.25) is 5.83 Å². The predicted molar refractivity (Wildman–Crippen MR) is 116 cm³/mol. The van der Waals surface area contributed by atoms with Crippen molar-refractivity contribution in [2.45, 2.75) is 73.3 Å². The van der Waals surface area contributed by atoms with Crippen LogP contribution in [0.1, 0.15) is 78.5 Å². The molecule has 1 aliphatic carbocycles. The lowest BCUT2D eigenvalue weighted by Crippen LogP contribution is -2.26. The van der Waals surface area contributed by atoms with Crippen LogP contribution in [0.3, 0.4) is 0 Å². The number of aliphatic carboxylic acids is 1. The van der Waals surface area contributed by atoms with Crippen LogP contribution < -0.4 is 4.74 Å². The van der Waals surface area contributed by atoms with Crippen molar-refractivity contribution in [3.05, 3.63) is 39.1 Å². The van der Waals surface area contributed by atoms with Gasteiger partial charge in [-0.1, -0.05) is 40.7 Å². The standard InChI is InChI=1S/C23H30BrFO3/c1-12(2)28-20-14(13(3)19(25)21(26)27)11-15-16(22(4,5)6)9-10-23(7,8)17(15)18(20)24/h9,11-12H,10H2,1-8H3,(H,26,27)/b19-13+. The summed E-state index contributed by atoms with van der Waals surface area (Å²) in [6.45, 7) is 16.1. The molecule has 0 atom stereocenters. The molecule has 0 saturated carbocycles. The molecule has 1 aromatic rings. The van der Waals surface area contributed by atoms with Crippen LogP contribution in [0.15, 0.2) is 22.4 Å². The van der Waals surface area contributed by atoms with Crippen molar-refractivity contribution in [3.63, 3.8) is 0 Å². The van der Waals surface area contributed by atoms with Crippen LogP contribution in [-0.2, 0) is 10.2 Å². The number of carboxylic acids is 1. The van der Waals surface area contributed by atoms with Gasteiger partial charge in [0.1, 0.15) is 5.75 Å². The van der Waals surface area contributed by atoms with Crippen molar-refractivity contribution < 1.29 is 19.0 Å². The number of rotatable bonds is 4. The maximum atomic E-state index is 14.4. The average Bonchev–Trinajstić information content (AvgIpc) is 2.53. The number of halogens is 2. The highest BCUT2D eigenvalue weighted by molar-refractivity contribution is 9.10. The van der Waals surface area contributed by atoms with Crippen molar-refractivity contribution in [2.75, 3.05) is 0 Å². The molecule has 154 valence electrons. The molecule has 0 radical (unpaired) electrons. The number of ether oxygens (including phenoxy) is 1. The fourth-order valence-corrected chi connectivity index (χ4v) is 4.75. The lowest BCUT2D eigenvalue weighted by Gasteiger charge is -2.38. The van der Waals surface area contributed by atoms with Gasteiger partial charge in [0, 0.05) is 11.1 Å². The first kappa shape index (κ1) is 22.7. The van der Waals surface area contributed by atoms with E-state index in [1.54, 1.807) is 0 Å². The van der Waals surface area contributed by atoms with E-state index in [1.807, 2.05) is 19.9 Å². The zero-order chi connectivity index (χ0) is 21.6. The number of allylic oxidation sites excluding steroid dienone is 3. The molecule has 0 saturated heterocycles. The number of hydrogen-bond acceptors (Lipinski definition) is 2. The highest BCUT2D eigenvalue weighted by atomic mass is 79.9. The Morgan fingerprint density at radius 3 is 2.36 bits per heavy atom. The van der Waals surface area contributed by atoms with Gasteiger partial charge in [-0.15, -0.1) is 0 Å². The van der Waals surface area contributed by atoms with E-state index in [2.05, 4.69) is 56.6 Å². The summed E-state index contributed by atoms with van der Waals surface area (Å²) >= 11 is 3.73. The predicted octanol–water partition coefficient (Wildman–Crippen LogP) is 7.13. The number of hydrogen-bond donors (Lipinski definition) is 1. The molecule has 0 fully saturated rings. The Morgan fingerprint density at radius 2 is 1.89 bits per heavy atom. The molecule has 1 aliphatic rings. The van der Waals surface area contributed by atoms with E-state index in [9.17, 15) is 9.18 Å². The second-order valence-corrected chi connectivity index (χ2v) is 10.1. The largest absolute Gasteiger partial charge is 0.489 e. The SMILES string of the molecule is C/C(=C(\F)C(=O)O)c1cc2c(c(Br)c1OC(C)C)C(C)(C)CC=C2C(C)(C)C. The lowest BCUT2D eigenvalue weighted by molar-refractivity contribution is -0.134. The third-order valence-corrected chi connectivity index (χ3v) is 5.84. The Balaban J connectivity index is 2.96. The van der Waals surface area contributed by atoms with Crippen LogP contribution in [0, 0.1) is 5.41 Å². The molecule has 0 unspecified atom stereocenters. The maximum Gasteiger partial charge on any atom is 0.365 e. The molecule has 28 heavy (non-hydrogen) atoms. The van der Waals surface area contributed by atoms with Gasteiger partial charge in [-0.3, -0.25) is 0 Å². The van der Waals surface area contributed by atoms with Crippen LogP contribution in [0.25, 0.3) is 11.1 Å². The molecule has 2 rings (SSSR count). The molecule has 3 nitrogen and oxygen atoms in total. The molecule has 0 heterocycles. The van der Waals surface area contributed by atoms with Gasteiger partial charge in [0.25, 0.3) is 0 Å². The molecular weight excluding hydrogens is 423 g/mol. The molecule has 1 aromatic carbocycles. The maximum absolute atomic E-state index is 14.4. The molecule has 0 bridgehead atoms. The average molecular weight is 453 g/mol. The van der Waals surface area contributed by atoms with E-state index >= 15 is 0 Å². The molecular formula is C23H30BrFO3. The summed E-state index contributed by atoms with van der Waals surface area (Å²) in [5.41, 5.74) is 3.58. The first-order valence-corrected chi connectivity index (χ1v) is 10.3. The van der Waals surface area contributed by atoms with Crippen LogP contribution in [0.2, 0.25) is 0 Å². The minimum absolute atomic E-state index is 0.0586. The first-order chi connectivity index (χ1) is 12.7. The van der Waals surface area contributed by atoms with Crippen molar-refractivity contribution >= 4 is 33.0 Å². The number of carbonyl (C=O) groups is 1. The summed E-state index contributed by atoms with van der Waals surface area (Å²) in [6.07, 6.45) is 2.98. The van der Waals surface area contributed by atoms with Gasteiger partial charge >= 0.3 is 5.97 Å². The van der Waals surface area contributed by atoms with Crippen molar-refractivity contribution in [2.24, 2.45) is 5.41 Å². The highest BCUT2D eigenvalue weighted by Gasteiger charge is 2.36. The Morgan fingerprint density at radius 1 is 1.32 bits per heavy atom. The monoisotopic (exact) mass is 452 g/mol. The van der Waals surface area contributed by atoms with E-state index < -0.39 is 11.8 Å². The van der Waals surface area contributed by atoms with Gasteiger partial charge in [-0.2, -0.15) is 4.39 Å². The fourth-order valence-electron chi connectivity index (χ4n) is 3.69. The fraction of sp³-hybridized carbons (Fsp3) is 0.522. The Hall–Kier alpha value is -1.62. The molecule has 0 amide bonds. The summed E-state index contributed by atoms with van der Waals surface area (Å²) in [6, 6.07) is 1.90. The molecule has 0 aromatic heterocycles. The minimum atomic E-state index is -1.58. The summed E-state index contributed by atoms with van der Waals surface area (Å²) in [5, 5.41) is 9.16. The van der Waals surface area contributed by atoms with Gasteiger partial charge in [-0.25, -0.2) is 4.79 Å². The third kappa shape index (κ3) is 4.19. The Bertz CT molecular complexity index is 871. The Kier molecular flexibility index (Phi) is 6.20. The molecule has 0 spiro atoms. The van der Waals surface area contributed by atoms with Crippen molar-refractivity contribution in [1.82, 2.24) is 0 Å². The van der Waals surface area contributed by atoms with Gasteiger partial charge in [0.05, 0.1) is 10.6 Å². The van der Waals surface area contributed by atoms with Crippen LogP contribution in [0.5, 0.6) is 5.75 Å². The summed E-state index contributed by atoms with van der Waals surface area (Å²) in [5.74, 6) is -2.25. The smallest absolute Gasteiger partial charge is 0.365 e. The zero-order valence-electron chi connectivity index (χ0n) is 18.0. The quantitative estimate of drug-likeness (QED) is 0.493. The number of benzene rings is 1. The zero-order valence-corrected chi connectivity index (χ0v) is 19.5. The number of fused-ring (bicyclic) bond motifs is 1. The van der Waals surface area contributed by atoms with Crippen LogP contribution >= 0.6 is 15.9 Å².